The molecule has 0 aromatic heterocycles. The van der Waals surface area contributed by atoms with Crippen LogP contribution in [0.4, 0.5) is 8.78 Å². The molecule has 2 aromatic rings. The lowest BCUT2D eigenvalue weighted by atomic mass is 9.98. The quantitative estimate of drug-likeness (QED) is 0.404. The largest absolute Gasteiger partial charge is 0.371 e. The monoisotopic (exact) mass is 468 g/mol. The summed E-state index contributed by atoms with van der Waals surface area (Å²) < 4.78 is 25.4. The molecule has 0 saturated carbocycles. The van der Waals surface area contributed by atoms with Gasteiger partial charge in [0.1, 0.15) is 0 Å². The summed E-state index contributed by atoms with van der Waals surface area (Å²) in [5.41, 5.74) is 0.823. The van der Waals surface area contributed by atoms with E-state index >= 15 is 0 Å². The van der Waals surface area contributed by atoms with E-state index in [2.05, 4.69) is 0 Å². The zero-order valence-electron chi connectivity index (χ0n) is 15.6. The molecule has 1 amide bonds. The number of hydrogen-bond donors (Lipinski definition) is 0. The van der Waals surface area contributed by atoms with Crippen LogP contribution in [0.5, 0.6) is 0 Å². The van der Waals surface area contributed by atoms with Gasteiger partial charge in [-0.3, -0.25) is 4.79 Å². The molecule has 0 heterocycles. The number of halogens is 5. The maximum atomic E-state index is 13.1. The number of amides is 1. The van der Waals surface area contributed by atoms with Crippen molar-refractivity contribution in [2.75, 3.05) is 20.6 Å². The summed E-state index contributed by atoms with van der Waals surface area (Å²) in [6.07, 6.45) is -3.06. The van der Waals surface area contributed by atoms with Gasteiger partial charge in [-0.2, -0.15) is 8.78 Å². The molecule has 0 fully saturated rings. The van der Waals surface area contributed by atoms with Crippen molar-refractivity contribution in [2.45, 2.75) is 23.7 Å². The summed E-state index contributed by atoms with van der Waals surface area (Å²) in [5.74, 6) is -1.21. The molecule has 0 saturated heterocycles. The van der Waals surface area contributed by atoms with E-state index in [4.69, 9.17) is 47.0 Å². The van der Waals surface area contributed by atoms with Crippen LogP contribution in [0.2, 0.25) is 0 Å². The Morgan fingerprint density at radius 2 is 1.61 bits per heavy atom. The third kappa shape index (κ3) is 7.32. The number of fused-ring (bicyclic) bond motifs is 1. The summed E-state index contributed by atoms with van der Waals surface area (Å²) in [7, 11) is 3.46. The Morgan fingerprint density at radius 1 is 1.07 bits per heavy atom. The zero-order valence-corrected chi connectivity index (χ0v) is 18.7. The van der Waals surface area contributed by atoms with Crippen LogP contribution in [0.25, 0.3) is 10.8 Å². The highest BCUT2D eigenvalue weighted by Crippen LogP contribution is 2.29. The summed E-state index contributed by atoms with van der Waals surface area (Å²) in [6.45, 7) is 1.73. The first kappa shape index (κ1) is 24.8. The van der Waals surface area contributed by atoms with Gasteiger partial charge in [-0.1, -0.05) is 89.5 Å². The lowest BCUT2D eigenvalue weighted by Crippen LogP contribution is -2.43. The van der Waals surface area contributed by atoms with Crippen LogP contribution in [0.15, 0.2) is 42.5 Å². The zero-order chi connectivity index (χ0) is 21.4. The van der Waals surface area contributed by atoms with Gasteiger partial charge in [-0.25, -0.2) is 0 Å². The second kappa shape index (κ2) is 11.7. The first-order valence-corrected chi connectivity index (χ1v) is 9.96. The standard InChI is InChI=1S/C18H20F2N2OS.CHCl3/c1-12(14-10-6-8-13-7-4-5-9-15(13)14)22(18(23)17(19)20)11-16(24)21(2)3;2-1(3)4/h4-10,12,17H,11H2,1-3H3;1H/t12-;/m0./s1. The topological polar surface area (TPSA) is 23.6 Å². The van der Waals surface area contributed by atoms with Crippen molar-refractivity contribution >= 4 is 68.7 Å². The number of thiocarbonyl (C=S) groups is 1. The van der Waals surface area contributed by atoms with Crippen LogP contribution in [-0.4, -0.2) is 52.1 Å². The van der Waals surface area contributed by atoms with Crippen LogP contribution in [0, 0.1) is 0 Å². The molecule has 9 heteroatoms. The number of carbonyl (C=O) groups excluding carboxylic acids is 1. The van der Waals surface area contributed by atoms with Gasteiger partial charge in [0.25, 0.3) is 5.91 Å². The molecular weight excluding hydrogens is 449 g/mol. The molecule has 3 nitrogen and oxygen atoms in total. The fourth-order valence-corrected chi connectivity index (χ4v) is 2.74. The van der Waals surface area contributed by atoms with E-state index in [9.17, 15) is 13.6 Å². The molecule has 0 aliphatic carbocycles. The third-order valence-corrected chi connectivity index (χ3v) is 4.51. The van der Waals surface area contributed by atoms with Crippen LogP contribution in [-0.2, 0) is 4.79 Å². The molecule has 0 aliphatic heterocycles. The van der Waals surface area contributed by atoms with E-state index in [1.807, 2.05) is 42.5 Å². The minimum Gasteiger partial charge on any atom is -0.371 e. The van der Waals surface area contributed by atoms with E-state index in [0.717, 1.165) is 21.2 Å². The number of hydrogen-bond acceptors (Lipinski definition) is 2. The lowest BCUT2D eigenvalue weighted by Gasteiger charge is -2.31. The van der Waals surface area contributed by atoms with Gasteiger partial charge in [0.05, 0.1) is 17.6 Å². The Morgan fingerprint density at radius 3 is 2.14 bits per heavy atom. The Bertz CT molecular complexity index is 798. The molecular formula is C19H21Cl3F2N2OS. The molecule has 2 aromatic carbocycles. The smallest absolute Gasteiger partial charge is 0.315 e. The summed E-state index contributed by atoms with van der Waals surface area (Å²) in [5, 5.41) is 1.94. The van der Waals surface area contributed by atoms with Crippen LogP contribution in [0.1, 0.15) is 18.5 Å². The number of nitrogens with zero attached hydrogens (tertiary/aromatic N) is 2. The molecule has 28 heavy (non-hydrogen) atoms. The van der Waals surface area contributed by atoms with Crippen molar-refractivity contribution < 1.29 is 13.6 Å². The van der Waals surface area contributed by atoms with Crippen molar-refractivity contribution in [3.8, 4) is 0 Å². The maximum Gasteiger partial charge on any atom is 0.315 e. The van der Waals surface area contributed by atoms with Crippen molar-refractivity contribution in [1.29, 1.82) is 0 Å². The van der Waals surface area contributed by atoms with Crippen molar-refractivity contribution in [3.05, 3.63) is 48.0 Å². The van der Waals surface area contributed by atoms with Gasteiger partial charge in [-0.15, -0.1) is 0 Å². The number of likely N-dealkylation sites (N-methyl/N-ethyl adjacent to an activating group) is 1. The molecule has 2 rings (SSSR count). The third-order valence-electron chi connectivity index (χ3n) is 4.02. The van der Waals surface area contributed by atoms with Gasteiger partial charge in [-0.05, 0) is 23.3 Å². The van der Waals surface area contributed by atoms with E-state index in [1.165, 1.54) is 0 Å². The SMILES string of the molecule is C[C@@H](c1cccc2ccccc12)N(CC(=S)N(C)C)C(=O)C(F)F.ClC(Cl)Cl. The van der Waals surface area contributed by atoms with E-state index in [1.54, 1.807) is 25.9 Å². The van der Waals surface area contributed by atoms with E-state index in [0.29, 0.717) is 4.99 Å². The van der Waals surface area contributed by atoms with Crippen molar-refractivity contribution in [1.82, 2.24) is 9.80 Å². The molecule has 154 valence electrons. The Labute approximate surface area is 184 Å². The van der Waals surface area contributed by atoms with Crippen molar-refractivity contribution in [3.63, 3.8) is 0 Å². The second-order valence-corrected chi connectivity index (χ2v) is 8.50. The molecule has 0 aliphatic rings. The predicted molar refractivity (Wildman–Crippen MR) is 118 cm³/mol. The Hall–Kier alpha value is -1.21. The molecule has 0 bridgehead atoms. The molecule has 0 unspecified atom stereocenters. The molecule has 0 spiro atoms. The Kier molecular flexibility index (Phi) is 10.4. The summed E-state index contributed by atoms with van der Waals surface area (Å²) in [6, 6.07) is 12.8. The van der Waals surface area contributed by atoms with Gasteiger partial charge < -0.3 is 9.80 Å². The van der Waals surface area contributed by atoms with Gasteiger partial charge in [0, 0.05) is 14.1 Å². The fourth-order valence-electron chi connectivity index (χ4n) is 2.60. The van der Waals surface area contributed by atoms with Crippen molar-refractivity contribution in [2.24, 2.45) is 0 Å². The Balaban J connectivity index is 0.000000892. The van der Waals surface area contributed by atoms with Crippen LogP contribution in [0.3, 0.4) is 0 Å². The molecule has 0 N–H and O–H groups in total. The highest BCUT2D eigenvalue weighted by Gasteiger charge is 2.30. The fraction of sp³-hybridized carbons (Fsp3) is 0.368. The normalized spacial score (nSPS) is 11.8. The minimum atomic E-state index is -3.06. The average Bonchev–Trinajstić information content (AvgIpc) is 2.63. The van der Waals surface area contributed by atoms with E-state index < -0.39 is 22.7 Å². The highest BCUT2D eigenvalue weighted by atomic mass is 35.6. The summed E-state index contributed by atoms with van der Waals surface area (Å²) in [4.78, 5) is 15.3. The first-order chi connectivity index (χ1) is 13.1. The first-order valence-electron chi connectivity index (χ1n) is 8.25. The number of carbonyl (C=O) groups is 1. The number of alkyl halides is 5. The van der Waals surface area contributed by atoms with E-state index in [-0.39, 0.29) is 6.54 Å². The lowest BCUT2D eigenvalue weighted by molar-refractivity contribution is -0.144. The van der Waals surface area contributed by atoms with Crippen LogP contribution >= 0.6 is 47.0 Å². The average molecular weight is 470 g/mol. The summed E-state index contributed by atoms with van der Waals surface area (Å²) >= 11 is 19.6. The minimum absolute atomic E-state index is 0.0180. The highest BCUT2D eigenvalue weighted by molar-refractivity contribution is 7.80. The number of benzene rings is 2. The molecule has 0 radical (unpaired) electrons. The van der Waals surface area contributed by atoms with Gasteiger partial charge in [0.15, 0.2) is 4.30 Å². The second-order valence-electron chi connectivity index (χ2n) is 6.05. The predicted octanol–water partition coefficient (Wildman–Crippen LogP) is 5.87. The maximum absolute atomic E-state index is 13.1. The molecule has 1 atom stereocenters. The van der Waals surface area contributed by atoms with Gasteiger partial charge >= 0.3 is 6.43 Å². The van der Waals surface area contributed by atoms with Crippen LogP contribution < -0.4 is 0 Å². The van der Waals surface area contributed by atoms with Gasteiger partial charge in [0.2, 0.25) is 0 Å². The number of rotatable bonds is 5.